The van der Waals surface area contributed by atoms with E-state index in [1.165, 1.54) is 12.1 Å². The number of carbonyl (C=O) groups excluding carboxylic acids is 2. The van der Waals surface area contributed by atoms with E-state index < -0.39 is 11.5 Å². The number of hydrogen-bond donors (Lipinski definition) is 2. The summed E-state index contributed by atoms with van der Waals surface area (Å²) < 4.78 is 13.1. The normalized spacial score (nSPS) is 27.9. The molecule has 0 aromatic heterocycles. The van der Waals surface area contributed by atoms with Crippen LogP contribution in [0.25, 0.3) is 0 Å². The number of benzene rings is 1. The molecule has 4 rings (SSSR count). The molecule has 170 valence electrons. The van der Waals surface area contributed by atoms with Crippen molar-refractivity contribution in [2.24, 2.45) is 11.3 Å². The van der Waals surface area contributed by atoms with Crippen LogP contribution in [0, 0.1) is 17.2 Å². The van der Waals surface area contributed by atoms with Crippen LogP contribution in [0.2, 0.25) is 0 Å². The minimum absolute atomic E-state index is 0.0398. The molecule has 2 amide bonds. The van der Waals surface area contributed by atoms with Gasteiger partial charge in [0.05, 0.1) is 5.41 Å². The highest BCUT2D eigenvalue weighted by atomic mass is 19.1. The van der Waals surface area contributed by atoms with Crippen molar-refractivity contribution in [2.45, 2.75) is 58.2 Å². The van der Waals surface area contributed by atoms with Crippen LogP contribution in [0.3, 0.4) is 0 Å². The maximum atomic E-state index is 13.1. The van der Waals surface area contributed by atoms with Crippen LogP contribution in [0.5, 0.6) is 0 Å². The number of carbonyl (C=O) groups is 2. The first kappa shape index (κ1) is 22.2. The molecule has 3 saturated heterocycles. The number of rotatable bonds is 6. The Morgan fingerprint density at radius 2 is 1.94 bits per heavy atom. The average molecular weight is 431 g/mol. The van der Waals surface area contributed by atoms with Gasteiger partial charge in [-0.05, 0) is 82.8 Å². The van der Waals surface area contributed by atoms with Gasteiger partial charge in [-0.1, -0.05) is 12.1 Å². The summed E-state index contributed by atoms with van der Waals surface area (Å²) in [4.78, 5) is 30.1. The fourth-order valence-corrected chi connectivity index (χ4v) is 5.27. The van der Waals surface area contributed by atoms with Crippen molar-refractivity contribution in [1.29, 1.82) is 0 Å². The number of nitrogens with zero attached hydrogens (tertiary/aromatic N) is 2. The molecule has 3 fully saturated rings. The van der Waals surface area contributed by atoms with Crippen molar-refractivity contribution < 1.29 is 14.0 Å². The lowest BCUT2D eigenvalue weighted by Gasteiger charge is -2.32. The molecule has 6 nitrogen and oxygen atoms in total. The smallest absolute Gasteiger partial charge is 0.242 e. The van der Waals surface area contributed by atoms with Crippen LogP contribution in [-0.4, -0.2) is 66.4 Å². The van der Waals surface area contributed by atoms with Crippen molar-refractivity contribution in [2.75, 3.05) is 32.7 Å². The van der Waals surface area contributed by atoms with Crippen LogP contribution in [0.1, 0.15) is 45.1 Å². The van der Waals surface area contributed by atoms with Gasteiger partial charge in [-0.2, -0.15) is 0 Å². The third-order valence-electron chi connectivity index (χ3n) is 7.40. The fraction of sp³-hybridized carbons (Fsp3) is 0.667. The van der Waals surface area contributed by atoms with Crippen molar-refractivity contribution in [3.8, 4) is 0 Å². The summed E-state index contributed by atoms with van der Waals surface area (Å²) >= 11 is 0. The summed E-state index contributed by atoms with van der Waals surface area (Å²) in [5, 5.41) is 6.06. The van der Waals surface area contributed by atoms with Crippen molar-refractivity contribution in [3.05, 3.63) is 35.6 Å². The zero-order chi connectivity index (χ0) is 22.0. The molecule has 3 heterocycles. The monoisotopic (exact) mass is 430 g/mol. The lowest BCUT2D eigenvalue weighted by molar-refractivity contribution is -0.128. The zero-order valence-electron chi connectivity index (χ0n) is 18.7. The first-order valence-electron chi connectivity index (χ1n) is 11.6. The molecule has 7 heteroatoms. The van der Waals surface area contributed by atoms with Crippen molar-refractivity contribution in [1.82, 2.24) is 20.4 Å². The van der Waals surface area contributed by atoms with Crippen LogP contribution in [0.4, 0.5) is 4.39 Å². The van der Waals surface area contributed by atoms with Gasteiger partial charge >= 0.3 is 0 Å². The highest BCUT2D eigenvalue weighted by Crippen LogP contribution is 2.40. The SMILES string of the molecule is CC(C)N1CC[C@@]2(C[C@@H](C(=O)NCC3CCN(Cc4ccc(F)cc4)CC3)NC2=O)C1. The number of amides is 2. The second kappa shape index (κ2) is 9.25. The molecule has 1 spiro atoms. The lowest BCUT2D eigenvalue weighted by atomic mass is 9.83. The number of halogens is 1. The third-order valence-corrected chi connectivity index (χ3v) is 7.40. The highest BCUT2D eigenvalue weighted by Gasteiger charge is 2.52. The van der Waals surface area contributed by atoms with E-state index in [1.54, 1.807) is 0 Å². The van der Waals surface area contributed by atoms with Crippen molar-refractivity contribution >= 4 is 11.8 Å². The molecule has 1 aromatic rings. The van der Waals surface area contributed by atoms with Crippen molar-refractivity contribution in [3.63, 3.8) is 0 Å². The topological polar surface area (TPSA) is 64.7 Å². The molecule has 3 aliphatic rings. The van der Waals surface area contributed by atoms with Gasteiger partial charge in [0.1, 0.15) is 11.9 Å². The quantitative estimate of drug-likeness (QED) is 0.726. The summed E-state index contributed by atoms with van der Waals surface area (Å²) in [5.74, 6) is 0.266. The average Bonchev–Trinajstić information content (AvgIpc) is 3.33. The first-order chi connectivity index (χ1) is 14.8. The van der Waals surface area contributed by atoms with E-state index in [4.69, 9.17) is 0 Å². The molecule has 1 aromatic carbocycles. The number of hydrogen-bond acceptors (Lipinski definition) is 4. The first-order valence-corrected chi connectivity index (χ1v) is 11.6. The van der Waals surface area contributed by atoms with Gasteiger partial charge in [0.15, 0.2) is 0 Å². The second-order valence-electron chi connectivity index (χ2n) is 9.92. The maximum Gasteiger partial charge on any atom is 0.242 e. The molecule has 0 bridgehead atoms. The largest absolute Gasteiger partial charge is 0.354 e. The van der Waals surface area contributed by atoms with Gasteiger partial charge in [0, 0.05) is 25.7 Å². The standard InChI is InChI=1S/C24H35FN4O2/c1-17(2)29-12-9-24(16-29)13-21(27-23(24)31)22(30)26-14-18-7-10-28(11-8-18)15-19-3-5-20(25)6-4-19/h3-6,17-18,21H,7-16H2,1-2H3,(H,26,30)(H,27,31)/t21-,24+/m0/s1. The Labute approximate surface area is 184 Å². The van der Waals surface area contributed by atoms with E-state index in [0.717, 1.165) is 57.5 Å². The predicted octanol–water partition coefficient (Wildman–Crippen LogP) is 2.14. The number of piperidine rings is 1. The highest BCUT2D eigenvalue weighted by molar-refractivity contribution is 5.94. The van der Waals surface area contributed by atoms with Gasteiger partial charge in [-0.3, -0.25) is 19.4 Å². The number of likely N-dealkylation sites (tertiary alicyclic amines) is 2. The van der Waals surface area contributed by atoms with Crippen LogP contribution < -0.4 is 10.6 Å². The van der Waals surface area contributed by atoms with Crippen LogP contribution in [0.15, 0.2) is 24.3 Å². The zero-order valence-corrected chi connectivity index (χ0v) is 18.7. The minimum atomic E-state index is -0.404. The molecule has 2 atom stereocenters. The van der Waals surface area contributed by atoms with E-state index in [9.17, 15) is 14.0 Å². The molecule has 3 aliphatic heterocycles. The summed E-state index contributed by atoms with van der Waals surface area (Å²) in [6, 6.07) is 6.72. The second-order valence-corrected chi connectivity index (χ2v) is 9.92. The molecule has 0 aliphatic carbocycles. The molecule has 0 saturated carbocycles. The van der Waals surface area contributed by atoms with E-state index in [2.05, 4.69) is 34.3 Å². The summed E-state index contributed by atoms with van der Waals surface area (Å²) in [6.45, 7) is 9.45. The van der Waals surface area contributed by atoms with Crippen LogP contribution in [-0.2, 0) is 16.1 Å². The Morgan fingerprint density at radius 3 is 2.58 bits per heavy atom. The van der Waals surface area contributed by atoms with E-state index in [-0.39, 0.29) is 17.6 Å². The van der Waals surface area contributed by atoms with Gasteiger partial charge in [-0.25, -0.2) is 4.39 Å². The lowest BCUT2D eigenvalue weighted by Crippen LogP contribution is -2.44. The van der Waals surface area contributed by atoms with Gasteiger partial charge in [0.25, 0.3) is 0 Å². The molecular weight excluding hydrogens is 395 g/mol. The summed E-state index contributed by atoms with van der Waals surface area (Å²) in [5.41, 5.74) is 0.736. The Hall–Kier alpha value is -1.99. The van der Waals surface area contributed by atoms with Gasteiger partial charge in [-0.15, -0.1) is 0 Å². The van der Waals surface area contributed by atoms with Gasteiger partial charge < -0.3 is 10.6 Å². The summed E-state index contributed by atoms with van der Waals surface area (Å²) in [7, 11) is 0. The minimum Gasteiger partial charge on any atom is -0.354 e. The Balaban J connectivity index is 1.19. The van der Waals surface area contributed by atoms with E-state index >= 15 is 0 Å². The molecule has 0 unspecified atom stereocenters. The third kappa shape index (κ3) is 5.09. The fourth-order valence-electron chi connectivity index (χ4n) is 5.27. The molecule has 2 N–H and O–H groups in total. The maximum absolute atomic E-state index is 13.1. The molecular formula is C24H35FN4O2. The molecule has 31 heavy (non-hydrogen) atoms. The van der Waals surface area contributed by atoms with E-state index in [0.29, 0.717) is 24.9 Å². The van der Waals surface area contributed by atoms with Gasteiger partial charge in [0.2, 0.25) is 11.8 Å². The Morgan fingerprint density at radius 1 is 1.23 bits per heavy atom. The summed E-state index contributed by atoms with van der Waals surface area (Å²) in [6.07, 6.45) is 3.52. The molecule has 0 radical (unpaired) electrons. The van der Waals surface area contributed by atoms with E-state index in [1.807, 2.05) is 12.1 Å². The Bertz CT molecular complexity index is 791. The van der Waals surface area contributed by atoms with Crippen LogP contribution >= 0.6 is 0 Å². The Kier molecular flexibility index (Phi) is 6.63. The number of nitrogens with one attached hydrogen (secondary N) is 2. The predicted molar refractivity (Wildman–Crippen MR) is 118 cm³/mol.